The molecule has 0 aliphatic rings. The van der Waals surface area contributed by atoms with Crippen LogP contribution in [-0.2, 0) is 6.42 Å². The number of aliphatic hydroxyl groups is 1. The third kappa shape index (κ3) is 5.51. The van der Waals surface area contributed by atoms with Crippen LogP contribution >= 0.6 is 11.8 Å². The Morgan fingerprint density at radius 2 is 2.16 bits per heavy atom. The van der Waals surface area contributed by atoms with Crippen molar-refractivity contribution in [3.8, 4) is 11.5 Å². The van der Waals surface area contributed by atoms with Gasteiger partial charge >= 0.3 is 0 Å². The molecular formula is C18H25N3O3S. The maximum atomic E-state index is 10.2. The third-order valence-electron chi connectivity index (χ3n) is 3.54. The van der Waals surface area contributed by atoms with E-state index < -0.39 is 6.10 Å². The van der Waals surface area contributed by atoms with E-state index in [1.165, 1.54) is 11.8 Å². The minimum atomic E-state index is -0.625. The molecule has 0 fully saturated rings. The van der Waals surface area contributed by atoms with E-state index in [0.717, 1.165) is 17.1 Å². The number of aromatic nitrogens is 3. The summed E-state index contributed by atoms with van der Waals surface area (Å²) in [6.07, 6.45) is 3.68. The van der Waals surface area contributed by atoms with Gasteiger partial charge in [0.25, 0.3) is 0 Å². The molecule has 7 heteroatoms. The lowest BCUT2D eigenvalue weighted by Crippen LogP contribution is -2.20. The van der Waals surface area contributed by atoms with E-state index in [0.29, 0.717) is 17.3 Å². The van der Waals surface area contributed by atoms with E-state index >= 15 is 0 Å². The van der Waals surface area contributed by atoms with Crippen molar-refractivity contribution in [1.82, 2.24) is 14.8 Å². The fourth-order valence-electron chi connectivity index (χ4n) is 2.22. The monoisotopic (exact) mass is 363 g/mol. The maximum Gasteiger partial charge on any atom is 0.191 e. The molecule has 1 heterocycles. The summed E-state index contributed by atoms with van der Waals surface area (Å²) in [6.45, 7) is 8.04. The first kappa shape index (κ1) is 19.3. The third-order valence-corrected chi connectivity index (χ3v) is 4.64. The predicted molar refractivity (Wildman–Crippen MR) is 99.5 cm³/mol. The Balaban J connectivity index is 1.88. The van der Waals surface area contributed by atoms with Crippen molar-refractivity contribution in [3.05, 3.63) is 42.7 Å². The zero-order valence-electron chi connectivity index (χ0n) is 14.9. The van der Waals surface area contributed by atoms with Gasteiger partial charge in [-0.1, -0.05) is 23.9 Å². The van der Waals surface area contributed by atoms with Crippen LogP contribution in [0.2, 0.25) is 0 Å². The molecule has 0 radical (unpaired) electrons. The first-order valence-corrected chi connectivity index (χ1v) is 9.14. The van der Waals surface area contributed by atoms with Crippen molar-refractivity contribution in [1.29, 1.82) is 0 Å². The number of nitrogens with zero attached hydrogens (tertiary/aromatic N) is 3. The highest BCUT2D eigenvalue weighted by atomic mass is 32.2. The average Bonchev–Trinajstić information content (AvgIpc) is 3.07. The molecule has 136 valence electrons. The number of hydrogen-bond donors (Lipinski definition) is 1. The molecule has 2 aromatic rings. The van der Waals surface area contributed by atoms with Crippen LogP contribution in [-0.4, -0.2) is 45.4 Å². The van der Waals surface area contributed by atoms with Crippen LogP contribution in [0.3, 0.4) is 0 Å². The largest absolute Gasteiger partial charge is 0.493 e. The van der Waals surface area contributed by atoms with Gasteiger partial charge in [-0.3, -0.25) is 0 Å². The first-order valence-electron chi connectivity index (χ1n) is 8.16. The number of hydrogen-bond acceptors (Lipinski definition) is 6. The normalized spacial score (nSPS) is 12.2. The van der Waals surface area contributed by atoms with Crippen LogP contribution in [0.5, 0.6) is 11.5 Å². The van der Waals surface area contributed by atoms with Gasteiger partial charge in [0.05, 0.1) is 13.2 Å². The molecule has 1 aromatic heterocycles. The molecule has 1 aromatic carbocycles. The van der Waals surface area contributed by atoms with Gasteiger partial charge in [0.2, 0.25) is 0 Å². The predicted octanol–water partition coefficient (Wildman–Crippen LogP) is 3.13. The number of allylic oxidation sites excluding steroid dienone is 1. The lowest BCUT2D eigenvalue weighted by Gasteiger charge is -2.15. The number of methoxy groups -OCH3 is 1. The quantitative estimate of drug-likeness (QED) is 0.517. The van der Waals surface area contributed by atoms with E-state index in [9.17, 15) is 5.11 Å². The van der Waals surface area contributed by atoms with E-state index in [2.05, 4.69) is 30.6 Å². The summed E-state index contributed by atoms with van der Waals surface area (Å²) in [5.41, 5.74) is 1.10. The number of ether oxygens (including phenoxy) is 2. The Morgan fingerprint density at radius 1 is 1.36 bits per heavy atom. The molecule has 0 saturated carbocycles. The van der Waals surface area contributed by atoms with Crippen molar-refractivity contribution >= 4 is 11.8 Å². The first-order chi connectivity index (χ1) is 12.0. The molecule has 0 spiro atoms. The van der Waals surface area contributed by atoms with E-state index in [1.807, 2.05) is 28.8 Å². The van der Waals surface area contributed by atoms with Crippen molar-refractivity contribution in [2.45, 2.75) is 37.6 Å². The second-order valence-electron chi connectivity index (χ2n) is 5.87. The molecule has 25 heavy (non-hydrogen) atoms. The molecule has 0 aliphatic heterocycles. The highest BCUT2D eigenvalue weighted by Gasteiger charge is 2.13. The number of aliphatic hydroxyl groups excluding tert-OH is 1. The van der Waals surface area contributed by atoms with Crippen LogP contribution in [0.4, 0.5) is 0 Å². The molecule has 6 nitrogen and oxygen atoms in total. The molecule has 1 N–H and O–H groups in total. The fraction of sp³-hybridized carbons (Fsp3) is 0.444. The molecule has 0 aliphatic carbocycles. The number of benzene rings is 1. The average molecular weight is 363 g/mol. The summed E-state index contributed by atoms with van der Waals surface area (Å²) >= 11 is 1.46. The van der Waals surface area contributed by atoms with Gasteiger partial charge < -0.3 is 19.1 Å². The van der Waals surface area contributed by atoms with Crippen molar-refractivity contribution < 1.29 is 14.6 Å². The SMILES string of the molecule is C=CCc1ccc(OCC(O)CSc2nncn2C(C)C)c(OC)c1. The van der Waals surface area contributed by atoms with Crippen LogP contribution < -0.4 is 9.47 Å². The summed E-state index contributed by atoms with van der Waals surface area (Å²) in [6, 6.07) is 6.02. The smallest absolute Gasteiger partial charge is 0.191 e. The lowest BCUT2D eigenvalue weighted by atomic mass is 10.1. The Morgan fingerprint density at radius 3 is 2.84 bits per heavy atom. The lowest BCUT2D eigenvalue weighted by molar-refractivity contribution is 0.124. The summed E-state index contributed by atoms with van der Waals surface area (Å²) in [5, 5.41) is 19.0. The van der Waals surface area contributed by atoms with Gasteiger partial charge in [0.15, 0.2) is 16.7 Å². The van der Waals surface area contributed by atoms with Crippen molar-refractivity contribution in [3.63, 3.8) is 0 Å². The zero-order chi connectivity index (χ0) is 18.2. The van der Waals surface area contributed by atoms with Gasteiger partial charge in [0.1, 0.15) is 12.9 Å². The molecule has 1 unspecified atom stereocenters. The van der Waals surface area contributed by atoms with Gasteiger partial charge in [-0.2, -0.15) is 0 Å². The fourth-order valence-corrected chi connectivity index (χ4v) is 3.17. The summed E-state index contributed by atoms with van der Waals surface area (Å²) in [4.78, 5) is 0. The van der Waals surface area contributed by atoms with Crippen molar-refractivity contribution in [2.75, 3.05) is 19.5 Å². The second-order valence-corrected chi connectivity index (χ2v) is 6.86. The topological polar surface area (TPSA) is 69.4 Å². The number of thioether (sulfide) groups is 1. The Labute approximate surface area is 152 Å². The van der Waals surface area contributed by atoms with E-state index in [1.54, 1.807) is 13.4 Å². The molecule has 0 amide bonds. The van der Waals surface area contributed by atoms with Gasteiger partial charge in [0, 0.05) is 11.8 Å². The Hall–Kier alpha value is -1.99. The standard InChI is InChI=1S/C18H25N3O3S/c1-5-6-14-7-8-16(17(9-14)23-4)24-10-15(22)11-25-18-20-19-12-21(18)13(2)3/h5,7-9,12-13,15,22H,1,6,10-11H2,2-4H3. The molecule has 0 bridgehead atoms. The van der Waals surface area contributed by atoms with Gasteiger partial charge in [-0.05, 0) is 38.0 Å². The summed E-state index contributed by atoms with van der Waals surface area (Å²) < 4.78 is 13.0. The Bertz CT molecular complexity index is 688. The molecule has 2 rings (SSSR count). The molecule has 1 atom stereocenters. The van der Waals surface area contributed by atoms with Crippen LogP contribution in [0.25, 0.3) is 0 Å². The maximum absolute atomic E-state index is 10.2. The second kappa shape index (κ2) is 9.48. The molecular weight excluding hydrogens is 338 g/mol. The molecule has 0 saturated heterocycles. The van der Waals surface area contributed by atoms with Gasteiger partial charge in [-0.15, -0.1) is 16.8 Å². The van der Waals surface area contributed by atoms with Crippen LogP contribution in [0, 0.1) is 0 Å². The van der Waals surface area contributed by atoms with Crippen LogP contribution in [0.15, 0.2) is 42.3 Å². The van der Waals surface area contributed by atoms with Gasteiger partial charge in [-0.25, -0.2) is 0 Å². The van der Waals surface area contributed by atoms with Crippen LogP contribution in [0.1, 0.15) is 25.5 Å². The highest BCUT2D eigenvalue weighted by Crippen LogP contribution is 2.29. The van der Waals surface area contributed by atoms with Crippen molar-refractivity contribution in [2.24, 2.45) is 0 Å². The van der Waals surface area contributed by atoms with E-state index in [-0.39, 0.29) is 12.6 Å². The highest BCUT2D eigenvalue weighted by molar-refractivity contribution is 7.99. The number of rotatable bonds is 10. The summed E-state index contributed by atoms with van der Waals surface area (Å²) in [7, 11) is 1.60. The zero-order valence-corrected chi connectivity index (χ0v) is 15.7. The van der Waals surface area contributed by atoms with E-state index in [4.69, 9.17) is 9.47 Å². The Kier molecular flexibility index (Phi) is 7.33. The summed E-state index contributed by atoms with van der Waals surface area (Å²) in [5.74, 6) is 1.74. The minimum absolute atomic E-state index is 0.181. The minimum Gasteiger partial charge on any atom is -0.493 e.